The van der Waals surface area contributed by atoms with E-state index in [1.165, 1.54) is 55.2 Å². The van der Waals surface area contributed by atoms with Gasteiger partial charge in [-0.05, 0) is 119 Å². The number of aliphatic imine (C=N–C) groups is 1. The van der Waals surface area contributed by atoms with E-state index in [1.54, 1.807) is 42.0 Å². The van der Waals surface area contributed by atoms with Crippen LogP contribution in [0.2, 0.25) is 0 Å². The first kappa shape index (κ1) is 32.0. The predicted molar refractivity (Wildman–Crippen MR) is 150 cm³/mol. The topological polar surface area (TPSA) is 84.6 Å². The maximum atomic E-state index is 5.29. The van der Waals surface area contributed by atoms with E-state index >= 15 is 0 Å². The fourth-order valence-electron chi connectivity index (χ4n) is 4.49. The summed E-state index contributed by atoms with van der Waals surface area (Å²) in [6, 6.07) is 2.50. The molecule has 1 aromatic rings. The number of rotatable bonds is 7. The summed E-state index contributed by atoms with van der Waals surface area (Å²) in [5.41, 5.74) is 12.4. The molecule has 4 nitrogen and oxygen atoms in total. The molecule has 3 aliphatic carbocycles. The molecule has 1 radical (unpaired) electrons. The van der Waals surface area contributed by atoms with Crippen LogP contribution >= 0.6 is 0 Å². The van der Waals surface area contributed by atoms with Crippen molar-refractivity contribution < 1.29 is 17.1 Å². The Morgan fingerprint density at radius 3 is 2.03 bits per heavy atom. The molecule has 4 rings (SSSR count). The monoisotopic (exact) mass is 472 g/mol. The molecule has 0 unspecified atom stereocenters. The van der Waals surface area contributed by atoms with Gasteiger partial charge in [-0.3, -0.25) is 4.99 Å². The van der Waals surface area contributed by atoms with Crippen molar-refractivity contribution in [2.75, 3.05) is 14.2 Å². The molecule has 4 heteroatoms. The lowest BCUT2D eigenvalue weighted by Gasteiger charge is -2.11. The summed E-state index contributed by atoms with van der Waals surface area (Å²) in [7, 11) is 3.56. The van der Waals surface area contributed by atoms with Crippen LogP contribution in [0.15, 0.2) is 46.5 Å². The SMILES string of the molecule is C=CCC[C@H](CC1=C[CH]1)OC.CN=CC(C)=C(C)C.Cc1c2c(cc3c1CCC3)CCC2.O.O.[HH]. The molecule has 4 N–H and O–H groups in total. The zero-order valence-electron chi connectivity index (χ0n) is 22.4. The molecular weight excluding hydrogens is 422 g/mol. The van der Waals surface area contributed by atoms with Crippen molar-refractivity contribution in [1.82, 2.24) is 0 Å². The average molecular weight is 473 g/mol. The summed E-state index contributed by atoms with van der Waals surface area (Å²) >= 11 is 0. The van der Waals surface area contributed by atoms with Crippen molar-refractivity contribution in [2.45, 2.75) is 91.6 Å². The van der Waals surface area contributed by atoms with Crippen molar-refractivity contribution in [3.8, 4) is 0 Å². The van der Waals surface area contributed by atoms with E-state index in [0.29, 0.717) is 6.10 Å². The largest absolute Gasteiger partial charge is 0.412 e. The second-order valence-corrected chi connectivity index (χ2v) is 9.39. The van der Waals surface area contributed by atoms with Crippen LogP contribution in [0.3, 0.4) is 0 Å². The molecule has 0 bridgehead atoms. The van der Waals surface area contributed by atoms with Crippen molar-refractivity contribution in [3.63, 3.8) is 0 Å². The Morgan fingerprint density at radius 2 is 1.65 bits per heavy atom. The first-order valence-corrected chi connectivity index (χ1v) is 12.3. The minimum absolute atomic E-state index is 0. The highest BCUT2D eigenvalue weighted by Gasteiger charge is 2.21. The second kappa shape index (κ2) is 16.6. The first-order chi connectivity index (χ1) is 15.4. The van der Waals surface area contributed by atoms with Gasteiger partial charge in [0.25, 0.3) is 0 Å². The van der Waals surface area contributed by atoms with Gasteiger partial charge in [0, 0.05) is 28.2 Å². The predicted octanol–water partition coefficient (Wildman–Crippen LogP) is 6.11. The van der Waals surface area contributed by atoms with Gasteiger partial charge in [0.15, 0.2) is 0 Å². The summed E-state index contributed by atoms with van der Waals surface area (Å²) < 4.78 is 5.29. The van der Waals surface area contributed by atoms with Gasteiger partial charge in [-0.15, -0.1) is 6.58 Å². The van der Waals surface area contributed by atoms with Crippen LogP contribution in [-0.2, 0) is 30.4 Å². The number of ether oxygens (including phenoxy) is 1. The van der Waals surface area contributed by atoms with Crippen molar-refractivity contribution in [2.24, 2.45) is 4.99 Å². The lowest BCUT2D eigenvalue weighted by molar-refractivity contribution is 0.0976. The third kappa shape index (κ3) is 10.1. The number of hydrogen-bond donors (Lipinski definition) is 0. The molecule has 34 heavy (non-hydrogen) atoms. The number of fused-ring (bicyclic) bond motifs is 2. The van der Waals surface area contributed by atoms with Gasteiger partial charge in [0.05, 0.1) is 6.10 Å². The van der Waals surface area contributed by atoms with Gasteiger partial charge in [-0.2, -0.15) is 0 Å². The summed E-state index contributed by atoms with van der Waals surface area (Å²) in [4.78, 5) is 3.87. The zero-order valence-corrected chi connectivity index (χ0v) is 22.4. The van der Waals surface area contributed by atoms with Crippen molar-refractivity contribution >= 4 is 6.21 Å². The highest BCUT2D eigenvalue weighted by molar-refractivity contribution is 5.78. The van der Waals surface area contributed by atoms with Gasteiger partial charge in [0.1, 0.15) is 0 Å². The first-order valence-electron chi connectivity index (χ1n) is 12.3. The van der Waals surface area contributed by atoms with E-state index in [9.17, 15) is 0 Å². The number of allylic oxidation sites excluding steroid dienone is 4. The third-order valence-corrected chi connectivity index (χ3v) is 6.78. The highest BCUT2D eigenvalue weighted by Crippen LogP contribution is 2.34. The Kier molecular flexibility index (Phi) is 15.6. The van der Waals surface area contributed by atoms with Crippen molar-refractivity contribution in [3.05, 3.63) is 75.8 Å². The summed E-state index contributed by atoms with van der Waals surface area (Å²) in [5, 5.41) is 0. The molecular formula is C30H50NO3. The highest BCUT2D eigenvalue weighted by atomic mass is 16.5. The molecule has 0 fully saturated rings. The van der Waals surface area contributed by atoms with E-state index in [1.807, 2.05) is 12.3 Å². The molecule has 0 spiro atoms. The van der Waals surface area contributed by atoms with E-state index in [4.69, 9.17) is 4.74 Å². The molecule has 1 aromatic carbocycles. The number of methoxy groups -OCH3 is 1. The van der Waals surface area contributed by atoms with Gasteiger partial charge >= 0.3 is 0 Å². The van der Waals surface area contributed by atoms with Crippen LogP contribution in [0.5, 0.6) is 0 Å². The smallest absolute Gasteiger partial charge is 0.0611 e. The molecule has 0 saturated carbocycles. The second-order valence-electron chi connectivity index (χ2n) is 9.39. The minimum Gasteiger partial charge on any atom is -0.412 e. The summed E-state index contributed by atoms with van der Waals surface area (Å²) in [6.07, 6.45) is 19.8. The normalized spacial score (nSPS) is 15.2. The quantitative estimate of drug-likeness (QED) is 0.348. The number of nitrogens with zero attached hydrogens (tertiary/aromatic N) is 1. The molecule has 0 saturated heterocycles. The lowest BCUT2D eigenvalue weighted by atomic mass is 9.95. The zero-order chi connectivity index (χ0) is 23.5. The van der Waals surface area contributed by atoms with Gasteiger partial charge in [0.2, 0.25) is 0 Å². The maximum Gasteiger partial charge on any atom is 0.0611 e. The fraction of sp³-hybridized carbons (Fsp3) is 0.533. The number of benzene rings is 1. The van der Waals surface area contributed by atoms with Crippen LogP contribution in [0.4, 0.5) is 0 Å². The van der Waals surface area contributed by atoms with Crippen LogP contribution in [0.1, 0.15) is 82.1 Å². The Balaban J connectivity index is 0. The molecule has 1 atom stereocenters. The molecule has 3 aliphatic rings. The molecule has 0 heterocycles. The van der Waals surface area contributed by atoms with Crippen LogP contribution in [0, 0.1) is 13.3 Å². The lowest BCUT2D eigenvalue weighted by Crippen LogP contribution is -2.08. The average Bonchev–Trinajstić information content (AvgIpc) is 3.25. The van der Waals surface area contributed by atoms with Crippen LogP contribution < -0.4 is 0 Å². The standard InChI is InChI=1S/C13H16.C10H15O.C7H13N.2H2O.H2/c1-9-12-6-2-4-10(12)8-11-5-3-7-13(9)11;1-3-4-5-10(11-2)8-9-6-7-9;1-6(2)7(3)5-8-4;;;/h8H,2-7H2,1H3;3,6-7,10H,1,4-5,8H2,2H3;5H,1-4H3;2*1H2;1H/t;10-;;;;/m.1..../s1. The summed E-state index contributed by atoms with van der Waals surface area (Å²) in [5.74, 6) is 0. The maximum absolute atomic E-state index is 5.29. The van der Waals surface area contributed by atoms with Gasteiger partial charge < -0.3 is 15.7 Å². The van der Waals surface area contributed by atoms with Crippen LogP contribution in [0.25, 0.3) is 0 Å². The molecule has 0 amide bonds. The van der Waals surface area contributed by atoms with E-state index in [-0.39, 0.29) is 12.4 Å². The Bertz CT molecular complexity index is 835. The number of aryl methyl sites for hydroxylation is 2. The van der Waals surface area contributed by atoms with E-state index in [2.05, 4.69) is 57.8 Å². The molecule has 193 valence electrons. The fourth-order valence-corrected chi connectivity index (χ4v) is 4.49. The van der Waals surface area contributed by atoms with E-state index < -0.39 is 0 Å². The van der Waals surface area contributed by atoms with Gasteiger partial charge in [-0.25, -0.2) is 0 Å². The van der Waals surface area contributed by atoms with Crippen LogP contribution in [-0.4, -0.2) is 37.4 Å². The minimum atomic E-state index is 0. The van der Waals surface area contributed by atoms with Gasteiger partial charge in [-0.1, -0.05) is 29.4 Å². The molecule has 0 aromatic heterocycles. The van der Waals surface area contributed by atoms with Crippen molar-refractivity contribution in [1.29, 1.82) is 0 Å². The Hall–Kier alpha value is -2.01. The molecule has 0 aliphatic heterocycles. The summed E-state index contributed by atoms with van der Waals surface area (Å²) in [6.45, 7) is 12.2. The third-order valence-electron chi connectivity index (χ3n) is 6.78. The Labute approximate surface area is 210 Å². The van der Waals surface area contributed by atoms with E-state index in [0.717, 1.165) is 19.3 Å². The number of hydrogen-bond acceptors (Lipinski definition) is 2. The Morgan fingerprint density at radius 1 is 1.09 bits per heavy atom.